The van der Waals surface area contributed by atoms with Crippen LogP contribution in [0.4, 0.5) is 10.1 Å². The first-order chi connectivity index (χ1) is 9.49. The summed E-state index contributed by atoms with van der Waals surface area (Å²) in [6.07, 6.45) is 1.50. The van der Waals surface area contributed by atoms with Crippen molar-refractivity contribution in [1.82, 2.24) is 4.98 Å². The summed E-state index contributed by atoms with van der Waals surface area (Å²) in [5.74, 6) is -1.06. The van der Waals surface area contributed by atoms with Gasteiger partial charge in [-0.15, -0.1) is 0 Å². The minimum atomic E-state index is -0.584. The van der Waals surface area contributed by atoms with Gasteiger partial charge in [0.1, 0.15) is 16.5 Å². The monoisotopic (exact) mass is 353 g/mol. The lowest BCUT2D eigenvalue weighted by atomic mass is 10.1. The minimum absolute atomic E-state index is 0.00737. The Bertz CT molecular complexity index is 676. The first-order valence-corrected chi connectivity index (χ1v) is 6.70. The number of aromatic nitrogens is 1. The summed E-state index contributed by atoms with van der Waals surface area (Å²) in [4.78, 5) is 15.8. The summed E-state index contributed by atoms with van der Waals surface area (Å²) < 4.78 is 14.4. The van der Waals surface area contributed by atoms with Crippen molar-refractivity contribution in [2.24, 2.45) is 5.73 Å². The Labute approximate surface area is 128 Å². The molecule has 0 fully saturated rings. The predicted octanol–water partition coefficient (Wildman–Crippen LogP) is 2.87. The number of carbonyl (C=O) groups excluding carboxylic acids is 1. The fraction of sp³-hybridized carbons (Fsp3) is 0. The molecule has 0 bridgehead atoms. The highest BCUT2D eigenvalue weighted by Gasteiger charge is 2.14. The zero-order valence-electron chi connectivity index (χ0n) is 10.1. The molecule has 2 rings (SSSR count). The first kappa shape index (κ1) is 14.5. The zero-order chi connectivity index (χ0) is 14.7. The third-order valence-electron chi connectivity index (χ3n) is 2.47. The number of pyridine rings is 1. The number of rotatable bonds is 3. The number of halogens is 2. The Morgan fingerprint density at radius 1 is 1.35 bits per heavy atom. The molecular weight excluding hydrogens is 345 g/mol. The van der Waals surface area contributed by atoms with Crippen molar-refractivity contribution >= 4 is 44.7 Å². The number of thiocarbonyl (C=S) groups is 1. The second-order valence-electron chi connectivity index (χ2n) is 3.84. The number of amides is 1. The van der Waals surface area contributed by atoms with E-state index in [1.165, 1.54) is 24.4 Å². The zero-order valence-corrected chi connectivity index (χ0v) is 12.5. The van der Waals surface area contributed by atoms with Gasteiger partial charge in [-0.2, -0.15) is 0 Å². The maximum Gasteiger partial charge on any atom is 0.274 e. The van der Waals surface area contributed by atoms with E-state index >= 15 is 0 Å². The Balaban J connectivity index is 2.30. The van der Waals surface area contributed by atoms with Gasteiger partial charge in [-0.3, -0.25) is 4.79 Å². The molecule has 0 saturated heterocycles. The number of nitrogens with one attached hydrogen (secondary N) is 1. The van der Waals surface area contributed by atoms with Crippen molar-refractivity contribution in [2.45, 2.75) is 0 Å². The standard InChI is InChI=1S/C13H9BrFN3OS/c14-7-4-5-10(17-6-7)13(19)18-9-3-1-2-8(15)11(9)12(16)20/h1-6H,(H2,16,20)(H,18,19). The second-order valence-corrected chi connectivity index (χ2v) is 5.20. The summed E-state index contributed by atoms with van der Waals surface area (Å²) in [5.41, 5.74) is 5.89. The Morgan fingerprint density at radius 3 is 2.70 bits per heavy atom. The van der Waals surface area contributed by atoms with Crippen LogP contribution in [0.2, 0.25) is 0 Å². The van der Waals surface area contributed by atoms with E-state index in [4.69, 9.17) is 18.0 Å². The topological polar surface area (TPSA) is 68.0 Å². The first-order valence-electron chi connectivity index (χ1n) is 5.50. The summed E-state index contributed by atoms with van der Waals surface area (Å²) >= 11 is 8.01. The van der Waals surface area contributed by atoms with E-state index < -0.39 is 11.7 Å². The van der Waals surface area contributed by atoms with Gasteiger partial charge in [-0.1, -0.05) is 18.3 Å². The number of carbonyl (C=O) groups is 1. The number of nitrogens with two attached hydrogens (primary N) is 1. The minimum Gasteiger partial charge on any atom is -0.389 e. The highest BCUT2D eigenvalue weighted by atomic mass is 79.9. The molecule has 0 aliphatic heterocycles. The molecule has 102 valence electrons. The molecule has 2 aromatic rings. The molecule has 7 heteroatoms. The van der Waals surface area contributed by atoms with Gasteiger partial charge in [0.25, 0.3) is 5.91 Å². The van der Waals surface area contributed by atoms with Crippen LogP contribution in [-0.2, 0) is 0 Å². The highest BCUT2D eigenvalue weighted by molar-refractivity contribution is 9.10. The second kappa shape index (κ2) is 6.06. The van der Waals surface area contributed by atoms with E-state index in [2.05, 4.69) is 26.2 Å². The number of hydrogen-bond donors (Lipinski definition) is 2. The van der Waals surface area contributed by atoms with Crippen LogP contribution >= 0.6 is 28.1 Å². The lowest BCUT2D eigenvalue weighted by Crippen LogP contribution is -2.19. The molecule has 1 heterocycles. The molecule has 0 saturated carbocycles. The number of anilines is 1. The van der Waals surface area contributed by atoms with Crippen LogP contribution in [-0.4, -0.2) is 15.9 Å². The van der Waals surface area contributed by atoms with Gasteiger partial charge in [0, 0.05) is 10.7 Å². The average Bonchev–Trinajstić information content (AvgIpc) is 2.39. The molecule has 3 N–H and O–H groups in total. The number of benzene rings is 1. The maximum atomic E-state index is 13.7. The lowest BCUT2D eigenvalue weighted by molar-refractivity contribution is 0.102. The summed E-state index contributed by atoms with van der Waals surface area (Å²) in [6, 6.07) is 7.43. The van der Waals surface area contributed by atoms with E-state index in [1.54, 1.807) is 12.1 Å². The van der Waals surface area contributed by atoms with E-state index in [9.17, 15) is 9.18 Å². The van der Waals surface area contributed by atoms with Crippen LogP contribution in [0.5, 0.6) is 0 Å². The molecule has 20 heavy (non-hydrogen) atoms. The van der Waals surface area contributed by atoms with Gasteiger partial charge in [0.15, 0.2) is 0 Å². The molecule has 1 amide bonds. The molecule has 0 aliphatic rings. The van der Waals surface area contributed by atoms with Crippen molar-refractivity contribution in [1.29, 1.82) is 0 Å². The van der Waals surface area contributed by atoms with Gasteiger partial charge in [-0.25, -0.2) is 9.37 Å². The summed E-state index contributed by atoms with van der Waals surface area (Å²) in [7, 11) is 0. The third-order valence-corrected chi connectivity index (χ3v) is 3.14. The fourth-order valence-electron chi connectivity index (χ4n) is 1.58. The normalized spacial score (nSPS) is 10.1. The molecule has 0 atom stereocenters. The highest BCUT2D eigenvalue weighted by Crippen LogP contribution is 2.19. The lowest BCUT2D eigenvalue weighted by Gasteiger charge is -2.10. The number of hydrogen-bond acceptors (Lipinski definition) is 3. The van der Waals surface area contributed by atoms with Crippen molar-refractivity contribution in [3.63, 3.8) is 0 Å². The molecule has 1 aromatic heterocycles. The average molecular weight is 354 g/mol. The largest absolute Gasteiger partial charge is 0.389 e. The molecule has 0 spiro atoms. The van der Waals surface area contributed by atoms with E-state index in [-0.39, 0.29) is 21.9 Å². The van der Waals surface area contributed by atoms with E-state index in [0.29, 0.717) is 0 Å². The quantitative estimate of drug-likeness (QED) is 0.832. The van der Waals surface area contributed by atoms with Crippen LogP contribution in [0.25, 0.3) is 0 Å². The Morgan fingerprint density at radius 2 is 2.10 bits per heavy atom. The van der Waals surface area contributed by atoms with Gasteiger partial charge >= 0.3 is 0 Å². The predicted molar refractivity (Wildman–Crippen MR) is 82.2 cm³/mol. The Kier molecular flexibility index (Phi) is 4.41. The Hall–Kier alpha value is -1.86. The smallest absolute Gasteiger partial charge is 0.274 e. The van der Waals surface area contributed by atoms with Crippen LogP contribution in [0.3, 0.4) is 0 Å². The maximum absolute atomic E-state index is 13.7. The van der Waals surface area contributed by atoms with Crippen molar-refractivity contribution in [2.75, 3.05) is 5.32 Å². The van der Waals surface area contributed by atoms with Crippen molar-refractivity contribution in [3.05, 3.63) is 58.1 Å². The van der Waals surface area contributed by atoms with Crippen LogP contribution in [0, 0.1) is 5.82 Å². The number of nitrogens with zero attached hydrogens (tertiary/aromatic N) is 1. The van der Waals surface area contributed by atoms with E-state index in [1.807, 2.05) is 0 Å². The van der Waals surface area contributed by atoms with Crippen LogP contribution < -0.4 is 11.1 Å². The molecule has 0 unspecified atom stereocenters. The molecule has 4 nitrogen and oxygen atoms in total. The van der Waals surface area contributed by atoms with Gasteiger partial charge in [0.2, 0.25) is 0 Å². The fourth-order valence-corrected chi connectivity index (χ4v) is 2.02. The summed E-state index contributed by atoms with van der Waals surface area (Å²) in [6.45, 7) is 0. The SMILES string of the molecule is NC(=S)c1c(F)cccc1NC(=O)c1ccc(Br)cn1. The van der Waals surface area contributed by atoms with Crippen molar-refractivity contribution in [3.8, 4) is 0 Å². The summed E-state index contributed by atoms with van der Waals surface area (Å²) in [5, 5.41) is 2.54. The van der Waals surface area contributed by atoms with E-state index in [0.717, 1.165) is 4.47 Å². The van der Waals surface area contributed by atoms with Gasteiger partial charge in [0.05, 0.1) is 11.3 Å². The van der Waals surface area contributed by atoms with Crippen molar-refractivity contribution < 1.29 is 9.18 Å². The van der Waals surface area contributed by atoms with Gasteiger partial charge in [-0.05, 0) is 40.2 Å². The molecule has 0 aliphatic carbocycles. The van der Waals surface area contributed by atoms with Crippen LogP contribution in [0.15, 0.2) is 41.0 Å². The molecular formula is C13H9BrFN3OS. The van der Waals surface area contributed by atoms with Crippen LogP contribution in [0.1, 0.15) is 16.1 Å². The molecule has 0 radical (unpaired) electrons. The third kappa shape index (κ3) is 3.17. The van der Waals surface area contributed by atoms with Gasteiger partial charge < -0.3 is 11.1 Å². The molecule has 1 aromatic carbocycles.